The van der Waals surface area contributed by atoms with Crippen molar-refractivity contribution in [2.24, 2.45) is 0 Å². The van der Waals surface area contributed by atoms with E-state index < -0.39 is 23.5 Å². The Hall–Kier alpha value is -5.29. The summed E-state index contributed by atoms with van der Waals surface area (Å²) in [6.07, 6.45) is 3.11. The number of carboxylic acid groups (broad SMARTS) is 1. The van der Waals surface area contributed by atoms with Crippen molar-refractivity contribution in [3.63, 3.8) is 0 Å². The average molecular weight is 571 g/mol. The quantitative estimate of drug-likeness (QED) is 0.267. The van der Waals surface area contributed by atoms with Gasteiger partial charge in [0.25, 0.3) is 5.56 Å². The SMILES string of the molecule is COc1cn([C@@H](Cc2ccccc2)C(=O)Nc2ccc(C(=O)O)cc2)c(=O)cc1-c1cc(Cl)ccc1-n1cnnn1. The summed E-state index contributed by atoms with van der Waals surface area (Å²) in [7, 11) is 1.46. The minimum absolute atomic E-state index is 0.0856. The van der Waals surface area contributed by atoms with Gasteiger partial charge in [0.05, 0.1) is 24.6 Å². The molecular formula is C29H23ClN6O5. The number of aromatic carboxylic acids is 1. The molecule has 0 fully saturated rings. The fourth-order valence-corrected chi connectivity index (χ4v) is 4.59. The molecule has 2 aromatic heterocycles. The van der Waals surface area contributed by atoms with E-state index >= 15 is 0 Å². The molecule has 0 aliphatic heterocycles. The lowest BCUT2D eigenvalue weighted by molar-refractivity contribution is -0.119. The third-order valence-electron chi connectivity index (χ3n) is 6.42. The molecule has 2 heterocycles. The number of hydrogen-bond acceptors (Lipinski definition) is 7. The highest BCUT2D eigenvalue weighted by atomic mass is 35.5. The molecule has 11 nitrogen and oxygen atoms in total. The number of nitrogens with one attached hydrogen (secondary N) is 1. The second-order valence-corrected chi connectivity index (χ2v) is 9.43. The molecule has 0 aliphatic carbocycles. The standard InChI is InChI=1S/C29H23ClN6O5/c1-41-26-16-35(27(37)15-23(26)22-14-20(30)9-12-24(22)36-17-31-33-34-36)25(13-18-5-3-2-4-6-18)28(38)32-21-10-7-19(8-11-21)29(39)40/h2-12,14-17,25H,13H2,1H3,(H,32,38)(H,39,40)/t25-/m0/s1. The maximum atomic E-state index is 13.7. The van der Waals surface area contributed by atoms with Crippen LogP contribution >= 0.6 is 11.6 Å². The van der Waals surface area contributed by atoms with Crippen LogP contribution in [0, 0.1) is 0 Å². The van der Waals surface area contributed by atoms with Gasteiger partial charge in [-0.1, -0.05) is 41.9 Å². The number of methoxy groups -OCH3 is 1. The van der Waals surface area contributed by atoms with E-state index in [1.807, 2.05) is 30.3 Å². The minimum atomic E-state index is -1.08. The fourth-order valence-electron chi connectivity index (χ4n) is 4.42. The first-order valence-electron chi connectivity index (χ1n) is 12.4. The van der Waals surface area contributed by atoms with Gasteiger partial charge in [-0.2, -0.15) is 4.68 Å². The number of carbonyl (C=O) groups is 2. The van der Waals surface area contributed by atoms with Crippen molar-refractivity contribution in [1.29, 1.82) is 0 Å². The van der Waals surface area contributed by atoms with Gasteiger partial charge in [-0.15, -0.1) is 5.10 Å². The lowest BCUT2D eigenvalue weighted by Crippen LogP contribution is -2.34. The van der Waals surface area contributed by atoms with E-state index in [1.165, 1.54) is 59.2 Å². The smallest absolute Gasteiger partial charge is 0.335 e. The number of tetrazole rings is 1. The average Bonchev–Trinajstić information content (AvgIpc) is 3.51. The highest BCUT2D eigenvalue weighted by Gasteiger charge is 2.25. The Kier molecular flexibility index (Phi) is 7.88. The molecular weight excluding hydrogens is 548 g/mol. The van der Waals surface area contributed by atoms with Gasteiger partial charge in [0, 0.05) is 34.3 Å². The number of anilines is 1. The zero-order chi connectivity index (χ0) is 28.9. The Balaban J connectivity index is 1.58. The summed E-state index contributed by atoms with van der Waals surface area (Å²) in [6, 6.07) is 20.5. The molecule has 3 aromatic carbocycles. The highest BCUT2D eigenvalue weighted by molar-refractivity contribution is 6.31. The summed E-state index contributed by atoms with van der Waals surface area (Å²) in [5, 5.41) is 23.7. The van der Waals surface area contributed by atoms with Crippen LogP contribution in [0.2, 0.25) is 5.02 Å². The highest BCUT2D eigenvalue weighted by Crippen LogP contribution is 2.35. The maximum absolute atomic E-state index is 13.7. The number of amides is 1. The number of rotatable bonds is 9. The first-order chi connectivity index (χ1) is 19.8. The van der Waals surface area contributed by atoms with Crippen LogP contribution in [0.5, 0.6) is 5.75 Å². The summed E-state index contributed by atoms with van der Waals surface area (Å²) >= 11 is 6.31. The largest absolute Gasteiger partial charge is 0.495 e. The van der Waals surface area contributed by atoms with Crippen LogP contribution < -0.4 is 15.6 Å². The summed E-state index contributed by atoms with van der Waals surface area (Å²) in [5.41, 5.74) is 2.40. The molecule has 206 valence electrons. The summed E-state index contributed by atoms with van der Waals surface area (Å²) in [4.78, 5) is 38.5. The van der Waals surface area contributed by atoms with Crippen molar-refractivity contribution in [2.75, 3.05) is 12.4 Å². The molecule has 0 saturated carbocycles. The summed E-state index contributed by atoms with van der Waals surface area (Å²) in [5.74, 6) is -1.23. The van der Waals surface area contributed by atoms with E-state index in [0.717, 1.165) is 5.56 Å². The molecule has 0 spiro atoms. The Morgan fingerprint density at radius 2 is 1.78 bits per heavy atom. The van der Waals surface area contributed by atoms with Crippen LogP contribution in [0.3, 0.4) is 0 Å². The van der Waals surface area contributed by atoms with Crippen LogP contribution in [-0.4, -0.2) is 48.9 Å². The second-order valence-electron chi connectivity index (χ2n) is 8.99. The van der Waals surface area contributed by atoms with Crippen molar-refractivity contribution in [2.45, 2.75) is 12.5 Å². The lowest BCUT2D eigenvalue weighted by Gasteiger charge is -2.22. The summed E-state index contributed by atoms with van der Waals surface area (Å²) in [6.45, 7) is 0. The number of carboxylic acids is 1. The molecule has 0 aliphatic rings. The van der Waals surface area contributed by atoms with E-state index in [0.29, 0.717) is 33.3 Å². The van der Waals surface area contributed by atoms with E-state index in [2.05, 4.69) is 20.8 Å². The van der Waals surface area contributed by atoms with Gasteiger partial charge in [0.1, 0.15) is 18.1 Å². The number of ether oxygens (including phenoxy) is 1. The molecule has 12 heteroatoms. The third-order valence-corrected chi connectivity index (χ3v) is 6.65. The first-order valence-corrected chi connectivity index (χ1v) is 12.7. The molecule has 41 heavy (non-hydrogen) atoms. The third kappa shape index (κ3) is 5.99. The van der Waals surface area contributed by atoms with Crippen LogP contribution in [0.1, 0.15) is 22.0 Å². The van der Waals surface area contributed by atoms with Crippen LogP contribution in [-0.2, 0) is 11.2 Å². The van der Waals surface area contributed by atoms with Crippen LogP contribution in [0.15, 0.2) is 96.2 Å². The van der Waals surface area contributed by atoms with Gasteiger partial charge in [0.15, 0.2) is 0 Å². The molecule has 1 amide bonds. The van der Waals surface area contributed by atoms with Crippen LogP contribution in [0.25, 0.3) is 16.8 Å². The van der Waals surface area contributed by atoms with Gasteiger partial charge in [0.2, 0.25) is 5.91 Å². The predicted molar refractivity (Wildman–Crippen MR) is 152 cm³/mol. The van der Waals surface area contributed by atoms with Crippen molar-refractivity contribution in [3.05, 3.63) is 118 Å². The normalized spacial score (nSPS) is 11.6. The zero-order valence-corrected chi connectivity index (χ0v) is 22.4. The van der Waals surface area contributed by atoms with Gasteiger partial charge >= 0.3 is 5.97 Å². The number of pyridine rings is 1. The van der Waals surface area contributed by atoms with E-state index in [4.69, 9.17) is 16.3 Å². The molecule has 0 radical (unpaired) electrons. The van der Waals surface area contributed by atoms with Crippen molar-refractivity contribution in [3.8, 4) is 22.6 Å². The molecule has 1 atom stereocenters. The Labute approximate surface area is 238 Å². The lowest BCUT2D eigenvalue weighted by atomic mass is 10.0. The maximum Gasteiger partial charge on any atom is 0.335 e. The number of benzene rings is 3. The second kappa shape index (κ2) is 11.8. The molecule has 5 rings (SSSR count). The molecule has 0 bridgehead atoms. The minimum Gasteiger partial charge on any atom is -0.495 e. The first kappa shape index (κ1) is 27.3. The predicted octanol–water partition coefficient (Wildman–Crippen LogP) is 4.27. The Morgan fingerprint density at radius 3 is 2.44 bits per heavy atom. The molecule has 0 saturated heterocycles. The van der Waals surface area contributed by atoms with Crippen LogP contribution in [0.4, 0.5) is 5.69 Å². The van der Waals surface area contributed by atoms with Crippen molar-refractivity contribution >= 4 is 29.2 Å². The zero-order valence-electron chi connectivity index (χ0n) is 21.6. The molecule has 2 N–H and O–H groups in total. The molecule has 0 unspecified atom stereocenters. The van der Waals surface area contributed by atoms with Gasteiger partial charge in [-0.3, -0.25) is 14.2 Å². The number of aromatic nitrogens is 5. The van der Waals surface area contributed by atoms with E-state index in [1.54, 1.807) is 18.2 Å². The van der Waals surface area contributed by atoms with Crippen molar-refractivity contribution in [1.82, 2.24) is 24.8 Å². The van der Waals surface area contributed by atoms with Gasteiger partial charge in [-0.25, -0.2) is 4.79 Å². The Morgan fingerprint density at radius 1 is 1.02 bits per heavy atom. The Bertz CT molecular complexity index is 1760. The monoisotopic (exact) mass is 570 g/mol. The molecule has 5 aromatic rings. The van der Waals surface area contributed by atoms with Gasteiger partial charge in [-0.05, 0) is 58.5 Å². The number of hydrogen-bond donors (Lipinski definition) is 2. The van der Waals surface area contributed by atoms with Gasteiger partial charge < -0.3 is 15.2 Å². The van der Waals surface area contributed by atoms with Crippen molar-refractivity contribution < 1.29 is 19.4 Å². The number of nitrogens with zero attached hydrogens (tertiary/aromatic N) is 5. The number of carbonyl (C=O) groups excluding carboxylic acids is 1. The topological polar surface area (TPSA) is 141 Å². The number of halogens is 1. The summed E-state index contributed by atoms with van der Waals surface area (Å²) < 4.78 is 8.45. The van der Waals surface area contributed by atoms with E-state index in [-0.39, 0.29) is 12.0 Å². The fraction of sp³-hybridized carbons (Fsp3) is 0.103. The van der Waals surface area contributed by atoms with E-state index in [9.17, 15) is 19.5 Å².